The molecule has 0 radical (unpaired) electrons. The summed E-state index contributed by atoms with van der Waals surface area (Å²) in [6.07, 6.45) is 11.9. The number of nitrogens with zero attached hydrogens (tertiary/aromatic N) is 1. The molecule has 102 valence electrons. The van der Waals surface area contributed by atoms with Crippen molar-refractivity contribution in [2.75, 3.05) is 7.05 Å². The molecule has 0 bridgehead atoms. The zero-order valence-electron chi connectivity index (χ0n) is 12.1. The van der Waals surface area contributed by atoms with Crippen LogP contribution >= 0.6 is 0 Å². The number of hydrogen-bond acceptors (Lipinski definition) is 2. The van der Waals surface area contributed by atoms with Crippen LogP contribution in [0, 0.1) is 0 Å². The monoisotopic (exact) mass is 240 g/mol. The second-order valence-electron chi connectivity index (χ2n) is 5.93. The van der Waals surface area contributed by atoms with Crippen molar-refractivity contribution in [1.29, 1.82) is 0 Å². The van der Waals surface area contributed by atoms with Crippen LogP contribution in [0.4, 0.5) is 0 Å². The Morgan fingerprint density at radius 3 is 2.35 bits per heavy atom. The molecule has 0 aromatic rings. The highest BCUT2D eigenvalue weighted by atomic mass is 15.2. The first-order chi connectivity index (χ1) is 8.15. The maximum absolute atomic E-state index is 5.97. The summed E-state index contributed by atoms with van der Waals surface area (Å²) in [6, 6.07) is 2.00. The van der Waals surface area contributed by atoms with Crippen molar-refractivity contribution in [3.63, 3.8) is 0 Å². The van der Waals surface area contributed by atoms with Crippen LogP contribution in [-0.2, 0) is 0 Å². The van der Waals surface area contributed by atoms with Crippen LogP contribution in [0.2, 0.25) is 0 Å². The van der Waals surface area contributed by atoms with Gasteiger partial charge in [-0.1, -0.05) is 32.6 Å². The van der Waals surface area contributed by atoms with E-state index in [1.54, 1.807) is 0 Å². The van der Waals surface area contributed by atoms with Crippen LogP contribution in [0.15, 0.2) is 0 Å². The minimum atomic E-state index is 0.472. The highest BCUT2D eigenvalue weighted by molar-refractivity contribution is 4.81. The lowest BCUT2D eigenvalue weighted by Crippen LogP contribution is -2.42. The highest BCUT2D eigenvalue weighted by Gasteiger charge is 2.24. The average Bonchev–Trinajstić information content (AvgIpc) is 2.34. The lowest BCUT2D eigenvalue weighted by atomic mass is 9.90. The van der Waals surface area contributed by atoms with E-state index in [4.69, 9.17) is 5.73 Å². The minimum Gasteiger partial charge on any atom is -0.328 e. The lowest BCUT2D eigenvalue weighted by molar-refractivity contribution is 0.133. The third-order valence-electron chi connectivity index (χ3n) is 4.49. The van der Waals surface area contributed by atoms with Crippen molar-refractivity contribution >= 4 is 0 Å². The summed E-state index contributed by atoms with van der Waals surface area (Å²) in [4.78, 5) is 2.61. The fraction of sp³-hybridized carbons (Fsp3) is 1.00. The maximum atomic E-state index is 5.97. The van der Waals surface area contributed by atoms with E-state index in [9.17, 15) is 0 Å². The molecule has 17 heavy (non-hydrogen) atoms. The van der Waals surface area contributed by atoms with Gasteiger partial charge in [0.25, 0.3) is 0 Å². The van der Waals surface area contributed by atoms with Crippen molar-refractivity contribution in [2.24, 2.45) is 5.73 Å². The summed E-state index contributed by atoms with van der Waals surface area (Å²) in [7, 11) is 2.31. The standard InChI is InChI=1S/C15H32N2/c1-4-5-6-7-8-13(2)17(3)15-11-9-14(16)10-12-15/h13-15H,4-12,16H2,1-3H3. The number of rotatable bonds is 7. The molecule has 0 aliphatic heterocycles. The van der Waals surface area contributed by atoms with Gasteiger partial charge in [0.1, 0.15) is 0 Å². The summed E-state index contributed by atoms with van der Waals surface area (Å²) in [5.41, 5.74) is 5.97. The van der Waals surface area contributed by atoms with E-state index in [0.29, 0.717) is 6.04 Å². The fourth-order valence-electron chi connectivity index (χ4n) is 2.94. The van der Waals surface area contributed by atoms with Gasteiger partial charge in [-0.3, -0.25) is 0 Å². The van der Waals surface area contributed by atoms with Gasteiger partial charge < -0.3 is 10.6 Å². The topological polar surface area (TPSA) is 29.3 Å². The van der Waals surface area contributed by atoms with Crippen molar-refractivity contribution in [2.45, 2.75) is 89.8 Å². The number of unbranched alkanes of at least 4 members (excludes halogenated alkanes) is 3. The van der Waals surface area contributed by atoms with E-state index in [1.165, 1.54) is 57.8 Å². The maximum Gasteiger partial charge on any atom is 0.00961 e. The molecule has 1 atom stereocenters. The van der Waals surface area contributed by atoms with Crippen LogP contribution in [0.3, 0.4) is 0 Å². The second-order valence-corrected chi connectivity index (χ2v) is 5.93. The van der Waals surface area contributed by atoms with Gasteiger partial charge in [0.2, 0.25) is 0 Å². The first-order valence-corrected chi connectivity index (χ1v) is 7.62. The second kappa shape index (κ2) is 8.10. The van der Waals surface area contributed by atoms with Crippen LogP contribution in [0.1, 0.15) is 71.6 Å². The van der Waals surface area contributed by atoms with E-state index in [1.807, 2.05) is 0 Å². The number of nitrogens with two attached hydrogens (primary N) is 1. The Kier molecular flexibility index (Phi) is 7.14. The molecule has 0 aromatic carbocycles. The van der Waals surface area contributed by atoms with Crippen molar-refractivity contribution in [3.8, 4) is 0 Å². The molecule has 1 aliphatic rings. The summed E-state index contributed by atoms with van der Waals surface area (Å²) < 4.78 is 0. The van der Waals surface area contributed by atoms with E-state index in [-0.39, 0.29) is 0 Å². The first-order valence-electron chi connectivity index (χ1n) is 7.62. The van der Waals surface area contributed by atoms with Gasteiger partial charge in [-0.05, 0) is 46.1 Å². The quantitative estimate of drug-likeness (QED) is 0.690. The van der Waals surface area contributed by atoms with E-state index < -0.39 is 0 Å². The highest BCUT2D eigenvalue weighted by Crippen LogP contribution is 2.23. The third-order valence-corrected chi connectivity index (χ3v) is 4.49. The molecule has 1 aliphatic carbocycles. The van der Waals surface area contributed by atoms with E-state index >= 15 is 0 Å². The Hall–Kier alpha value is -0.0800. The first kappa shape index (κ1) is 15.0. The van der Waals surface area contributed by atoms with Gasteiger partial charge in [-0.15, -0.1) is 0 Å². The van der Waals surface area contributed by atoms with Gasteiger partial charge in [-0.2, -0.15) is 0 Å². The normalized spacial score (nSPS) is 27.4. The fourth-order valence-corrected chi connectivity index (χ4v) is 2.94. The molecular formula is C15H32N2. The Morgan fingerprint density at radius 2 is 1.76 bits per heavy atom. The van der Waals surface area contributed by atoms with Gasteiger partial charge in [-0.25, -0.2) is 0 Å². The van der Waals surface area contributed by atoms with Crippen LogP contribution in [-0.4, -0.2) is 30.1 Å². The molecule has 2 N–H and O–H groups in total. The molecule has 0 heterocycles. The number of hydrogen-bond donors (Lipinski definition) is 1. The zero-order valence-corrected chi connectivity index (χ0v) is 12.1. The van der Waals surface area contributed by atoms with Crippen molar-refractivity contribution in [1.82, 2.24) is 4.90 Å². The molecule has 1 unspecified atom stereocenters. The Bertz CT molecular complexity index is 185. The third kappa shape index (κ3) is 5.39. The van der Waals surface area contributed by atoms with Crippen LogP contribution < -0.4 is 5.73 Å². The van der Waals surface area contributed by atoms with Crippen LogP contribution in [0.5, 0.6) is 0 Å². The Labute approximate surface area is 108 Å². The van der Waals surface area contributed by atoms with Gasteiger partial charge in [0.15, 0.2) is 0 Å². The molecule has 1 fully saturated rings. The molecule has 0 aromatic heterocycles. The minimum absolute atomic E-state index is 0.472. The summed E-state index contributed by atoms with van der Waals surface area (Å²) in [5.74, 6) is 0. The Balaban J connectivity index is 2.19. The Morgan fingerprint density at radius 1 is 1.12 bits per heavy atom. The largest absolute Gasteiger partial charge is 0.328 e. The molecule has 1 saturated carbocycles. The molecule has 1 rings (SSSR count). The molecular weight excluding hydrogens is 208 g/mol. The van der Waals surface area contributed by atoms with Gasteiger partial charge in [0, 0.05) is 18.1 Å². The predicted molar refractivity (Wildman–Crippen MR) is 76.2 cm³/mol. The smallest absolute Gasteiger partial charge is 0.00961 e. The van der Waals surface area contributed by atoms with Crippen molar-refractivity contribution < 1.29 is 0 Å². The summed E-state index contributed by atoms with van der Waals surface area (Å²) in [5, 5.41) is 0. The summed E-state index contributed by atoms with van der Waals surface area (Å²) in [6.45, 7) is 4.67. The van der Waals surface area contributed by atoms with Crippen molar-refractivity contribution in [3.05, 3.63) is 0 Å². The van der Waals surface area contributed by atoms with Gasteiger partial charge in [0.05, 0.1) is 0 Å². The average molecular weight is 240 g/mol. The SMILES string of the molecule is CCCCCCC(C)N(C)C1CCC(N)CC1. The van der Waals surface area contributed by atoms with Gasteiger partial charge >= 0.3 is 0 Å². The molecule has 0 amide bonds. The van der Waals surface area contributed by atoms with E-state index in [0.717, 1.165) is 12.1 Å². The lowest BCUT2D eigenvalue weighted by Gasteiger charge is -2.37. The zero-order chi connectivity index (χ0) is 12.7. The molecule has 2 heteroatoms. The molecule has 0 saturated heterocycles. The van der Waals surface area contributed by atoms with E-state index in [2.05, 4.69) is 25.8 Å². The predicted octanol–water partition coefficient (Wildman–Crippen LogP) is 3.55. The molecule has 0 spiro atoms. The van der Waals surface area contributed by atoms with Crippen LogP contribution in [0.25, 0.3) is 0 Å². The molecule has 2 nitrogen and oxygen atoms in total. The summed E-state index contributed by atoms with van der Waals surface area (Å²) >= 11 is 0.